The molecule has 1 N–H and O–H groups in total. The minimum Gasteiger partial charge on any atom is -0.380 e. The first-order chi connectivity index (χ1) is 12.8. The first-order valence-electron chi connectivity index (χ1n) is 10.1. The summed E-state index contributed by atoms with van der Waals surface area (Å²) in [6.45, 7) is 11.9. The predicted octanol–water partition coefficient (Wildman–Crippen LogP) is 5.46. The van der Waals surface area contributed by atoms with Gasteiger partial charge >= 0.3 is 0 Å². The minimum absolute atomic E-state index is 0.356. The third-order valence-electron chi connectivity index (χ3n) is 4.83. The van der Waals surface area contributed by atoms with E-state index >= 15 is 0 Å². The van der Waals surface area contributed by atoms with Crippen molar-refractivity contribution < 1.29 is 9.50 Å². The molecule has 0 spiro atoms. The van der Waals surface area contributed by atoms with Crippen molar-refractivity contribution in [1.29, 1.82) is 0 Å². The molecular weight excluding hydrogens is 337 g/mol. The molecule has 0 radical (unpaired) electrons. The second kappa shape index (κ2) is 10.0. The molecule has 0 fully saturated rings. The molecule has 0 aromatic heterocycles. The van der Waals surface area contributed by atoms with E-state index in [2.05, 4.69) is 32.6 Å². The Morgan fingerprint density at radius 2 is 1.44 bits per heavy atom. The van der Waals surface area contributed by atoms with Crippen molar-refractivity contribution in [2.24, 2.45) is 11.8 Å². The van der Waals surface area contributed by atoms with E-state index in [0.29, 0.717) is 23.8 Å². The normalized spacial score (nSPS) is 14.1. The van der Waals surface area contributed by atoms with E-state index in [4.69, 9.17) is 0 Å². The molecule has 2 aromatic rings. The molecule has 0 saturated heterocycles. The zero-order valence-electron chi connectivity index (χ0n) is 17.2. The van der Waals surface area contributed by atoms with Crippen molar-refractivity contribution in [2.75, 3.05) is 19.6 Å². The molecule has 0 bridgehead atoms. The summed E-state index contributed by atoms with van der Waals surface area (Å²) >= 11 is 0. The Balaban J connectivity index is 2.19. The van der Waals surface area contributed by atoms with Crippen molar-refractivity contribution >= 4 is 0 Å². The number of aliphatic hydroxyl groups is 1. The largest absolute Gasteiger partial charge is 0.380 e. The van der Waals surface area contributed by atoms with Crippen molar-refractivity contribution in [1.82, 2.24) is 4.90 Å². The van der Waals surface area contributed by atoms with Gasteiger partial charge in [0.05, 0.1) is 0 Å². The van der Waals surface area contributed by atoms with Gasteiger partial charge in [0.1, 0.15) is 11.4 Å². The van der Waals surface area contributed by atoms with E-state index < -0.39 is 5.60 Å². The Kier molecular flexibility index (Phi) is 8.00. The van der Waals surface area contributed by atoms with E-state index in [1.54, 1.807) is 18.2 Å². The van der Waals surface area contributed by atoms with Crippen LogP contribution in [0.1, 0.15) is 51.7 Å². The molecule has 0 saturated carbocycles. The number of nitrogens with zero attached hydrogens (tertiary/aromatic N) is 1. The lowest BCUT2D eigenvalue weighted by atomic mass is 9.82. The Bertz CT molecular complexity index is 676. The number of hydrogen-bond acceptors (Lipinski definition) is 2. The first kappa shape index (κ1) is 21.6. The molecule has 2 nitrogen and oxygen atoms in total. The van der Waals surface area contributed by atoms with Gasteiger partial charge in [-0.05, 0) is 42.9 Å². The molecule has 0 aliphatic rings. The highest BCUT2D eigenvalue weighted by molar-refractivity contribution is 5.36. The van der Waals surface area contributed by atoms with Crippen molar-refractivity contribution in [3.63, 3.8) is 0 Å². The van der Waals surface area contributed by atoms with Crippen LogP contribution in [0, 0.1) is 17.7 Å². The Hall–Kier alpha value is -1.71. The summed E-state index contributed by atoms with van der Waals surface area (Å²) in [4.78, 5) is 2.46. The fourth-order valence-electron chi connectivity index (χ4n) is 3.79. The fourth-order valence-corrected chi connectivity index (χ4v) is 3.79. The van der Waals surface area contributed by atoms with Crippen LogP contribution < -0.4 is 0 Å². The van der Waals surface area contributed by atoms with Gasteiger partial charge in [-0.25, -0.2) is 4.39 Å². The molecule has 27 heavy (non-hydrogen) atoms. The van der Waals surface area contributed by atoms with E-state index in [1.165, 1.54) is 6.07 Å². The van der Waals surface area contributed by atoms with Crippen LogP contribution in [-0.4, -0.2) is 29.6 Å². The minimum atomic E-state index is -1.31. The molecular formula is C24H34FNO. The van der Waals surface area contributed by atoms with Gasteiger partial charge in [-0.15, -0.1) is 0 Å². The van der Waals surface area contributed by atoms with Crippen molar-refractivity contribution in [3.05, 3.63) is 71.5 Å². The maximum atomic E-state index is 14.5. The Labute approximate surface area is 164 Å². The molecule has 3 heteroatoms. The molecule has 148 valence electrons. The van der Waals surface area contributed by atoms with Crippen molar-refractivity contribution in [2.45, 2.75) is 46.1 Å². The van der Waals surface area contributed by atoms with E-state index in [-0.39, 0.29) is 5.82 Å². The molecule has 2 rings (SSSR count). The smallest absolute Gasteiger partial charge is 0.129 e. The van der Waals surface area contributed by atoms with Crippen LogP contribution in [0.15, 0.2) is 54.6 Å². The molecule has 0 aliphatic carbocycles. The molecule has 0 heterocycles. The average molecular weight is 372 g/mol. The molecule has 0 aliphatic heterocycles. The summed E-state index contributed by atoms with van der Waals surface area (Å²) in [5, 5.41) is 11.6. The van der Waals surface area contributed by atoms with Gasteiger partial charge in [-0.2, -0.15) is 0 Å². The van der Waals surface area contributed by atoms with E-state index in [1.807, 2.05) is 30.3 Å². The summed E-state index contributed by atoms with van der Waals surface area (Å²) in [5.74, 6) is 0.844. The van der Waals surface area contributed by atoms with Gasteiger partial charge in [0.25, 0.3) is 0 Å². The van der Waals surface area contributed by atoms with Crippen LogP contribution in [0.4, 0.5) is 4.39 Å². The van der Waals surface area contributed by atoms with Gasteiger partial charge < -0.3 is 10.0 Å². The summed E-state index contributed by atoms with van der Waals surface area (Å²) in [6, 6.07) is 16.0. The SMILES string of the molecule is CC(C)CN(CCCC(O)(c1ccccc1)c1ccccc1F)CC(C)C. The lowest BCUT2D eigenvalue weighted by Crippen LogP contribution is -2.34. The average Bonchev–Trinajstić information content (AvgIpc) is 2.61. The van der Waals surface area contributed by atoms with Gasteiger partial charge in [0.15, 0.2) is 0 Å². The number of benzene rings is 2. The van der Waals surface area contributed by atoms with Crippen LogP contribution in [0.2, 0.25) is 0 Å². The zero-order valence-corrected chi connectivity index (χ0v) is 17.2. The molecule has 1 unspecified atom stereocenters. The van der Waals surface area contributed by atoms with Crippen LogP contribution in [0.25, 0.3) is 0 Å². The summed E-state index contributed by atoms with van der Waals surface area (Å²) < 4.78 is 14.5. The third-order valence-corrected chi connectivity index (χ3v) is 4.83. The second-order valence-electron chi connectivity index (χ2n) is 8.36. The highest BCUT2D eigenvalue weighted by Gasteiger charge is 2.33. The highest BCUT2D eigenvalue weighted by atomic mass is 19.1. The van der Waals surface area contributed by atoms with E-state index in [9.17, 15) is 9.50 Å². The number of rotatable bonds is 10. The predicted molar refractivity (Wildman–Crippen MR) is 111 cm³/mol. The monoisotopic (exact) mass is 371 g/mol. The third kappa shape index (κ3) is 6.15. The highest BCUT2D eigenvalue weighted by Crippen LogP contribution is 2.35. The van der Waals surface area contributed by atoms with Gasteiger partial charge in [-0.3, -0.25) is 0 Å². The Morgan fingerprint density at radius 1 is 0.889 bits per heavy atom. The lowest BCUT2D eigenvalue weighted by molar-refractivity contribution is 0.0600. The van der Waals surface area contributed by atoms with E-state index in [0.717, 1.165) is 31.6 Å². The fraction of sp³-hybridized carbons (Fsp3) is 0.500. The van der Waals surface area contributed by atoms with Crippen LogP contribution in [-0.2, 0) is 5.60 Å². The zero-order chi connectivity index (χ0) is 19.9. The van der Waals surface area contributed by atoms with Gasteiger partial charge in [0, 0.05) is 18.7 Å². The molecule has 1 atom stereocenters. The second-order valence-corrected chi connectivity index (χ2v) is 8.36. The number of halogens is 1. The number of hydrogen-bond donors (Lipinski definition) is 1. The Morgan fingerprint density at radius 3 is 2.00 bits per heavy atom. The summed E-state index contributed by atoms with van der Waals surface area (Å²) in [5.41, 5.74) is -0.210. The first-order valence-corrected chi connectivity index (χ1v) is 10.1. The maximum Gasteiger partial charge on any atom is 0.129 e. The molecule has 0 amide bonds. The van der Waals surface area contributed by atoms with Gasteiger partial charge in [-0.1, -0.05) is 76.2 Å². The van der Waals surface area contributed by atoms with Crippen LogP contribution in [0.5, 0.6) is 0 Å². The van der Waals surface area contributed by atoms with Crippen LogP contribution >= 0.6 is 0 Å². The maximum absolute atomic E-state index is 14.5. The summed E-state index contributed by atoms with van der Waals surface area (Å²) in [6.07, 6.45) is 1.30. The standard InChI is InChI=1S/C24H34FNO/c1-19(2)17-26(18-20(3)4)16-10-15-24(27,21-11-6-5-7-12-21)22-13-8-9-14-23(22)25/h5-9,11-14,19-20,27H,10,15-18H2,1-4H3. The molecule has 2 aromatic carbocycles. The van der Waals surface area contributed by atoms with Crippen LogP contribution in [0.3, 0.4) is 0 Å². The summed E-state index contributed by atoms with van der Waals surface area (Å²) in [7, 11) is 0. The van der Waals surface area contributed by atoms with Gasteiger partial charge in [0.2, 0.25) is 0 Å². The van der Waals surface area contributed by atoms with Crippen molar-refractivity contribution in [3.8, 4) is 0 Å². The lowest BCUT2D eigenvalue weighted by Gasteiger charge is -2.32. The quantitative estimate of drug-likeness (QED) is 0.600. The topological polar surface area (TPSA) is 23.5 Å².